The normalized spacial score (nSPS) is 19.3. The quantitative estimate of drug-likeness (QED) is 0.129. The van der Waals surface area contributed by atoms with Crippen LogP contribution in [0, 0.1) is 11.8 Å². The third-order valence-corrected chi connectivity index (χ3v) is 8.38. The Bertz CT molecular complexity index is 500. The fourth-order valence-corrected chi connectivity index (χ4v) is 6.01. The lowest BCUT2D eigenvalue weighted by atomic mass is 9.83. The van der Waals surface area contributed by atoms with Gasteiger partial charge in [0.25, 0.3) is 0 Å². The molecule has 0 aromatic carbocycles. The molecular formula is C25H54N2O3Si2. The number of hydrogen-bond acceptors (Lipinski definition) is 5. The molecule has 32 heavy (non-hydrogen) atoms. The predicted molar refractivity (Wildman–Crippen MR) is 144 cm³/mol. The van der Waals surface area contributed by atoms with Crippen molar-refractivity contribution in [2.45, 2.75) is 111 Å². The molecule has 0 aromatic heterocycles. The van der Waals surface area contributed by atoms with E-state index >= 15 is 0 Å². The summed E-state index contributed by atoms with van der Waals surface area (Å²) in [4.78, 5) is 0. The average molecular weight is 487 g/mol. The largest absolute Gasteiger partial charge is 0.418 e. The van der Waals surface area contributed by atoms with Gasteiger partial charge in [-0.3, -0.25) is 5.01 Å². The maximum Gasteiger partial charge on any atom is 0.183 e. The van der Waals surface area contributed by atoms with Gasteiger partial charge in [-0.25, -0.2) is 0 Å². The SMILES string of the molecule is CC[C@@H](CCCO[Si](C)(C)C)C(=NN1CCC[C@H]1COC)[C@@H](CC)CCCO[Si](C)(C)C. The topological polar surface area (TPSA) is 43.3 Å². The van der Waals surface area contributed by atoms with Crippen molar-refractivity contribution in [3.63, 3.8) is 0 Å². The van der Waals surface area contributed by atoms with Gasteiger partial charge in [-0.1, -0.05) is 13.8 Å². The minimum atomic E-state index is -1.44. The van der Waals surface area contributed by atoms with Gasteiger partial charge in [-0.05, 0) is 102 Å². The Kier molecular flexibility index (Phi) is 13.9. The molecule has 1 aliphatic rings. The lowest BCUT2D eigenvalue weighted by Gasteiger charge is -2.30. The number of rotatable bonds is 17. The van der Waals surface area contributed by atoms with E-state index in [1.807, 2.05) is 7.11 Å². The summed E-state index contributed by atoms with van der Waals surface area (Å²) in [6, 6.07) is 0.426. The molecule has 1 saturated heterocycles. The fraction of sp³-hybridized carbons (Fsp3) is 0.960. The minimum absolute atomic E-state index is 0.426. The number of nitrogens with zero attached hydrogens (tertiary/aromatic N) is 2. The highest BCUT2D eigenvalue weighted by Crippen LogP contribution is 2.28. The first-order valence-corrected chi connectivity index (χ1v) is 19.9. The third kappa shape index (κ3) is 12.3. The van der Waals surface area contributed by atoms with Crippen LogP contribution < -0.4 is 0 Å². The summed E-state index contributed by atoms with van der Waals surface area (Å²) in [5.74, 6) is 1.07. The Balaban J connectivity index is 2.92. The van der Waals surface area contributed by atoms with Crippen molar-refractivity contribution in [1.29, 1.82) is 0 Å². The van der Waals surface area contributed by atoms with Crippen LogP contribution in [-0.4, -0.2) is 66.9 Å². The van der Waals surface area contributed by atoms with Crippen LogP contribution in [-0.2, 0) is 13.6 Å². The summed E-state index contributed by atoms with van der Waals surface area (Å²) in [6.07, 6.45) is 9.29. The molecule has 0 radical (unpaired) electrons. The van der Waals surface area contributed by atoms with Crippen LogP contribution in [0.25, 0.3) is 0 Å². The van der Waals surface area contributed by atoms with Crippen molar-refractivity contribution >= 4 is 22.3 Å². The van der Waals surface area contributed by atoms with E-state index in [1.54, 1.807) is 0 Å². The molecular weight excluding hydrogens is 432 g/mol. The lowest BCUT2D eigenvalue weighted by molar-refractivity contribution is 0.117. The molecule has 1 heterocycles. The Morgan fingerprint density at radius 2 is 1.41 bits per heavy atom. The smallest absolute Gasteiger partial charge is 0.183 e. The van der Waals surface area contributed by atoms with Crippen molar-refractivity contribution in [3.05, 3.63) is 0 Å². The van der Waals surface area contributed by atoms with Crippen LogP contribution in [0.2, 0.25) is 39.3 Å². The summed E-state index contributed by atoms with van der Waals surface area (Å²) in [5, 5.41) is 7.73. The molecule has 0 amide bonds. The molecule has 1 rings (SSSR count). The van der Waals surface area contributed by atoms with Gasteiger partial charge in [0, 0.05) is 32.6 Å². The summed E-state index contributed by atoms with van der Waals surface area (Å²) < 4.78 is 17.8. The average Bonchev–Trinajstić information content (AvgIpc) is 3.13. The highest BCUT2D eigenvalue weighted by molar-refractivity contribution is 6.70. The second-order valence-corrected chi connectivity index (χ2v) is 20.4. The van der Waals surface area contributed by atoms with Gasteiger partial charge in [0.2, 0.25) is 0 Å². The molecule has 0 aromatic rings. The molecule has 0 aliphatic carbocycles. The highest BCUT2D eigenvalue weighted by atomic mass is 28.4. The Morgan fingerprint density at radius 3 is 1.81 bits per heavy atom. The first kappa shape index (κ1) is 29.8. The highest BCUT2D eigenvalue weighted by Gasteiger charge is 2.28. The predicted octanol–water partition coefficient (Wildman–Crippen LogP) is 6.77. The van der Waals surface area contributed by atoms with E-state index in [4.69, 9.17) is 18.7 Å². The standard InChI is InChI=1S/C25H54N2O3Si2/c1-10-22(15-13-19-29-31(4,5)6)25(26-27-18-12-17-24(27)21-28-3)23(11-2)16-14-20-30-32(7,8)9/h22-24H,10-21H2,1-9H3/t22-,23-,24-/m0/s1. The maximum atomic E-state index is 6.14. The van der Waals surface area contributed by atoms with E-state index < -0.39 is 16.6 Å². The van der Waals surface area contributed by atoms with E-state index in [2.05, 4.69) is 58.1 Å². The van der Waals surface area contributed by atoms with Crippen molar-refractivity contribution in [1.82, 2.24) is 5.01 Å². The van der Waals surface area contributed by atoms with E-state index in [-0.39, 0.29) is 0 Å². The van der Waals surface area contributed by atoms with Gasteiger partial charge in [-0.2, -0.15) is 5.10 Å². The fourth-order valence-electron chi connectivity index (χ4n) is 4.50. The van der Waals surface area contributed by atoms with Crippen molar-refractivity contribution in [2.24, 2.45) is 16.9 Å². The van der Waals surface area contributed by atoms with E-state index in [1.165, 1.54) is 31.4 Å². The molecule has 190 valence electrons. The third-order valence-electron chi connectivity index (χ3n) is 6.24. The molecule has 0 unspecified atom stereocenters. The molecule has 1 aliphatic heterocycles. The Labute approximate surface area is 201 Å². The van der Waals surface area contributed by atoms with Crippen LogP contribution in [0.5, 0.6) is 0 Å². The zero-order chi connectivity index (χ0) is 24.2. The number of ether oxygens (including phenoxy) is 1. The van der Waals surface area contributed by atoms with E-state index in [0.29, 0.717) is 17.9 Å². The second-order valence-electron chi connectivity index (χ2n) is 11.4. The first-order chi connectivity index (χ1) is 15.0. The number of methoxy groups -OCH3 is 1. The number of hydrazone groups is 1. The van der Waals surface area contributed by atoms with Crippen LogP contribution in [0.1, 0.15) is 65.2 Å². The first-order valence-electron chi connectivity index (χ1n) is 13.1. The van der Waals surface area contributed by atoms with Crippen LogP contribution in [0.15, 0.2) is 5.10 Å². The molecule has 0 bridgehead atoms. The molecule has 5 nitrogen and oxygen atoms in total. The van der Waals surface area contributed by atoms with Crippen LogP contribution in [0.4, 0.5) is 0 Å². The van der Waals surface area contributed by atoms with Gasteiger partial charge < -0.3 is 13.6 Å². The Morgan fingerprint density at radius 1 is 0.906 bits per heavy atom. The second kappa shape index (κ2) is 14.9. The molecule has 7 heteroatoms. The molecule has 1 fully saturated rings. The van der Waals surface area contributed by atoms with Crippen molar-refractivity contribution < 1.29 is 13.6 Å². The molecule has 0 saturated carbocycles. The minimum Gasteiger partial charge on any atom is -0.418 e. The monoisotopic (exact) mass is 486 g/mol. The zero-order valence-corrected chi connectivity index (χ0v) is 24.8. The van der Waals surface area contributed by atoms with Gasteiger partial charge >= 0.3 is 0 Å². The van der Waals surface area contributed by atoms with Crippen LogP contribution >= 0.6 is 0 Å². The van der Waals surface area contributed by atoms with Crippen molar-refractivity contribution in [3.8, 4) is 0 Å². The summed E-state index contributed by atoms with van der Waals surface area (Å²) >= 11 is 0. The summed E-state index contributed by atoms with van der Waals surface area (Å²) in [5.41, 5.74) is 1.43. The molecule has 3 atom stereocenters. The van der Waals surface area contributed by atoms with Gasteiger partial charge in [-0.15, -0.1) is 0 Å². The van der Waals surface area contributed by atoms with Crippen LogP contribution in [0.3, 0.4) is 0 Å². The Hall–Kier alpha value is -0.216. The van der Waals surface area contributed by atoms with Gasteiger partial charge in [0.05, 0.1) is 12.6 Å². The van der Waals surface area contributed by atoms with Crippen molar-refractivity contribution in [2.75, 3.05) is 33.5 Å². The number of hydrogen-bond donors (Lipinski definition) is 0. The van der Waals surface area contributed by atoms with Gasteiger partial charge in [0.1, 0.15) is 0 Å². The zero-order valence-electron chi connectivity index (χ0n) is 22.8. The van der Waals surface area contributed by atoms with E-state index in [0.717, 1.165) is 52.0 Å². The maximum absolute atomic E-state index is 6.14. The summed E-state index contributed by atoms with van der Waals surface area (Å²) in [7, 11) is -1.08. The lowest BCUT2D eigenvalue weighted by Crippen LogP contribution is -2.34. The molecule has 0 spiro atoms. The molecule has 0 N–H and O–H groups in total. The van der Waals surface area contributed by atoms with Gasteiger partial charge in [0.15, 0.2) is 16.6 Å². The summed E-state index contributed by atoms with van der Waals surface area (Å²) in [6.45, 7) is 21.9. The van der Waals surface area contributed by atoms with E-state index in [9.17, 15) is 0 Å².